The predicted octanol–water partition coefficient (Wildman–Crippen LogP) is 0.722. The van der Waals surface area contributed by atoms with E-state index < -0.39 is 11.9 Å². The molecule has 4 heteroatoms. The van der Waals surface area contributed by atoms with Gasteiger partial charge in [0.15, 0.2) is 0 Å². The molecule has 0 spiro atoms. The van der Waals surface area contributed by atoms with Crippen LogP contribution < -0.4 is 5.32 Å². The number of nitrogens with one attached hydrogen (secondary N) is 1. The summed E-state index contributed by atoms with van der Waals surface area (Å²) in [6, 6.07) is 0. The van der Waals surface area contributed by atoms with Crippen LogP contribution in [0.2, 0.25) is 0 Å². The minimum atomic E-state index is -0.821. The van der Waals surface area contributed by atoms with Gasteiger partial charge >= 0.3 is 5.97 Å². The van der Waals surface area contributed by atoms with Gasteiger partial charge in [0.2, 0.25) is 0 Å². The van der Waals surface area contributed by atoms with E-state index in [4.69, 9.17) is 9.84 Å². The summed E-state index contributed by atoms with van der Waals surface area (Å²) in [6.07, 6.45) is 0. The lowest BCUT2D eigenvalue weighted by atomic mass is 10.1. The summed E-state index contributed by atoms with van der Waals surface area (Å²) in [7, 11) is 1.73. The molecule has 0 bridgehead atoms. The summed E-state index contributed by atoms with van der Waals surface area (Å²) in [4.78, 5) is 10.7. The zero-order valence-electron chi connectivity index (χ0n) is 8.76. The lowest BCUT2D eigenvalue weighted by molar-refractivity contribution is -0.145. The molecular weight excluding hydrogens is 170 g/mol. The second kappa shape index (κ2) is 5.19. The molecule has 0 unspecified atom stereocenters. The Bertz CT molecular complexity index is 163. The Morgan fingerprint density at radius 3 is 2.38 bits per heavy atom. The van der Waals surface area contributed by atoms with Crippen LogP contribution in [0.1, 0.15) is 20.8 Å². The quantitative estimate of drug-likeness (QED) is 0.669. The molecule has 0 fully saturated rings. The number of ether oxygens (including phenoxy) is 1. The summed E-state index contributed by atoms with van der Waals surface area (Å²) < 4.78 is 5.38. The minimum absolute atomic E-state index is 0.250. The van der Waals surface area contributed by atoms with Gasteiger partial charge in [-0.3, -0.25) is 4.79 Å². The van der Waals surface area contributed by atoms with Crippen molar-refractivity contribution in [2.45, 2.75) is 26.4 Å². The molecule has 0 aliphatic rings. The maximum Gasteiger partial charge on any atom is 0.310 e. The Hall–Kier alpha value is -0.610. The van der Waals surface area contributed by atoms with Gasteiger partial charge in [-0.1, -0.05) is 0 Å². The van der Waals surface area contributed by atoms with Crippen molar-refractivity contribution in [3.8, 4) is 0 Å². The fourth-order valence-corrected chi connectivity index (χ4v) is 0.815. The largest absolute Gasteiger partial charge is 0.481 e. The van der Waals surface area contributed by atoms with Crippen LogP contribution in [0.3, 0.4) is 0 Å². The molecule has 4 nitrogen and oxygen atoms in total. The van der Waals surface area contributed by atoms with Gasteiger partial charge in [-0.25, -0.2) is 0 Å². The number of carbonyl (C=O) groups is 1. The Balaban J connectivity index is 3.90. The number of rotatable bonds is 5. The van der Waals surface area contributed by atoms with Crippen molar-refractivity contribution >= 4 is 5.97 Å². The van der Waals surface area contributed by atoms with Crippen molar-refractivity contribution in [3.63, 3.8) is 0 Å². The Morgan fingerprint density at radius 1 is 1.54 bits per heavy atom. The molecule has 0 aromatic heterocycles. The van der Waals surface area contributed by atoms with Crippen LogP contribution in [0, 0.1) is 5.92 Å². The second-order valence-electron chi connectivity index (χ2n) is 4.02. The summed E-state index contributed by atoms with van der Waals surface area (Å²) in [6.45, 7) is 6.41. The van der Waals surface area contributed by atoms with E-state index in [1.165, 1.54) is 0 Å². The van der Waals surface area contributed by atoms with Crippen molar-refractivity contribution in [1.29, 1.82) is 0 Å². The van der Waals surface area contributed by atoms with Gasteiger partial charge in [0, 0.05) is 6.54 Å². The van der Waals surface area contributed by atoms with Crippen LogP contribution in [0.25, 0.3) is 0 Å². The molecule has 0 saturated carbocycles. The Labute approximate surface area is 79.3 Å². The number of aliphatic carboxylic acids is 1. The highest BCUT2D eigenvalue weighted by Gasteiger charge is 2.20. The average Bonchev–Trinajstić information content (AvgIpc) is 1.95. The normalized spacial score (nSPS) is 14.2. The van der Waals surface area contributed by atoms with Gasteiger partial charge in [0.05, 0.1) is 18.1 Å². The first-order valence-electron chi connectivity index (χ1n) is 4.38. The molecule has 0 amide bonds. The monoisotopic (exact) mass is 189 g/mol. The van der Waals surface area contributed by atoms with Crippen molar-refractivity contribution in [2.75, 3.05) is 20.2 Å². The van der Waals surface area contributed by atoms with Crippen molar-refractivity contribution in [3.05, 3.63) is 0 Å². The summed E-state index contributed by atoms with van der Waals surface area (Å²) >= 11 is 0. The summed E-state index contributed by atoms with van der Waals surface area (Å²) in [5, 5.41) is 11.6. The molecule has 0 aliphatic carbocycles. The van der Waals surface area contributed by atoms with Gasteiger partial charge in [0.25, 0.3) is 0 Å². The number of carboxylic acid groups (broad SMARTS) is 1. The fraction of sp³-hybridized carbons (Fsp3) is 0.889. The Morgan fingerprint density at radius 2 is 2.08 bits per heavy atom. The first-order chi connectivity index (χ1) is 5.87. The molecule has 1 atom stereocenters. The highest BCUT2D eigenvalue weighted by atomic mass is 16.5. The second-order valence-corrected chi connectivity index (χ2v) is 4.02. The molecular formula is C9H19NO3. The predicted molar refractivity (Wildman–Crippen MR) is 50.8 cm³/mol. The molecule has 0 aromatic rings. The SMILES string of the molecule is CNC[C@H](COC(C)(C)C)C(=O)O. The third-order valence-corrected chi connectivity index (χ3v) is 1.52. The minimum Gasteiger partial charge on any atom is -0.481 e. The summed E-state index contributed by atoms with van der Waals surface area (Å²) in [5.41, 5.74) is -0.276. The molecule has 13 heavy (non-hydrogen) atoms. The average molecular weight is 189 g/mol. The molecule has 0 aromatic carbocycles. The zero-order chi connectivity index (χ0) is 10.5. The van der Waals surface area contributed by atoms with Crippen LogP contribution in [0.4, 0.5) is 0 Å². The molecule has 0 rings (SSSR count). The van der Waals surface area contributed by atoms with E-state index >= 15 is 0 Å². The van der Waals surface area contributed by atoms with Gasteiger partial charge < -0.3 is 15.2 Å². The number of carboxylic acids is 1. The third kappa shape index (κ3) is 6.54. The lowest BCUT2D eigenvalue weighted by Crippen LogP contribution is -2.33. The highest BCUT2D eigenvalue weighted by Crippen LogP contribution is 2.09. The van der Waals surface area contributed by atoms with Crippen LogP contribution in [0.15, 0.2) is 0 Å². The van der Waals surface area contributed by atoms with Crippen molar-refractivity contribution in [1.82, 2.24) is 5.32 Å². The van der Waals surface area contributed by atoms with Gasteiger partial charge in [0.1, 0.15) is 0 Å². The van der Waals surface area contributed by atoms with Gasteiger partial charge in [-0.05, 0) is 27.8 Å². The molecule has 0 heterocycles. The van der Waals surface area contributed by atoms with Crippen LogP contribution in [-0.2, 0) is 9.53 Å². The van der Waals surface area contributed by atoms with E-state index in [2.05, 4.69) is 5.32 Å². The van der Waals surface area contributed by atoms with Gasteiger partial charge in [-0.15, -0.1) is 0 Å². The topological polar surface area (TPSA) is 58.6 Å². The molecule has 78 valence electrons. The van der Waals surface area contributed by atoms with Crippen LogP contribution in [0.5, 0.6) is 0 Å². The molecule has 0 aliphatic heterocycles. The number of hydrogen-bond acceptors (Lipinski definition) is 3. The third-order valence-electron chi connectivity index (χ3n) is 1.52. The molecule has 0 radical (unpaired) electrons. The maximum atomic E-state index is 10.7. The van der Waals surface area contributed by atoms with E-state index in [-0.39, 0.29) is 12.2 Å². The Kier molecular flexibility index (Phi) is 4.95. The smallest absolute Gasteiger partial charge is 0.310 e. The molecule has 0 saturated heterocycles. The van der Waals surface area contributed by atoms with Gasteiger partial charge in [-0.2, -0.15) is 0 Å². The van der Waals surface area contributed by atoms with E-state index in [1.54, 1.807) is 7.05 Å². The number of hydrogen-bond donors (Lipinski definition) is 2. The maximum absolute atomic E-state index is 10.7. The van der Waals surface area contributed by atoms with E-state index in [9.17, 15) is 4.79 Å². The fourth-order valence-electron chi connectivity index (χ4n) is 0.815. The van der Waals surface area contributed by atoms with E-state index in [0.717, 1.165) is 0 Å². The van der Waals surface area contributed by atoms with Crippen molar-refractivity contribution in [2.24, 2.45) is 5.92 Å². The highest BCUT2D eigenvalue weighted by molar-refractivity contribution is 5.70. The zero-order valence-corrected chi connectivity index (χ0v) is 8.76. The van der Waals surface area contributed by atoms with Crippen LogP contribution in [-0.4, -0.2) is 36.9 Å². The van der Waals surface area contributed by atoms with Crippen LogP contribution >= 0.6 is 0 Å². The first-order valence-corrected chi connectivity index (χ1v) is 4.38. The summed E-state index contributed by atoms with van der Waals surface area (Å²) in [5.74, 6) is -1.29. The van der Waals surface area contributed by atoms with E-state index in [0.29, 0.717) is 6.54 Å². The van der Waals surface area contributed by atoms with Crippen molar-refractivity contribution < 1.29 is 14.6 Å². The molecule has 2 N–H and O–H groups in total. The standard InChI is InChI=1S/C9H19NO3/c1-9(2,3)13-6-7(5-10-4)8(11)12/h7,10H,5-6H2,1-4H3,(H,11,12)/t7-/m1/s1. The van der Waals surface area contributed by atoms with E-state index in [1.807, 2.05) is 20.8 Å². The first kappa shape index (κ1) is 12.4. The lowest BCUT2D eigenvalue weighted by Gasteiger charge is -2.22.